The summed E-state index contributed by atoms with van der Waals surface area (Å²) >= 11 is 1.88. The monoisotopic (exact) mass is 370 g/mol. The van der Waals surface area contributed by atoms with Crippen LogP contribution in [0.3, 0.4) is 0 Å². The molecule has 0 saturated heterocycles. The van der Waals surface area contributed by atoms with Gasteiger partial charge in [0.05, 0.1) is 0 Å². The van der Waals surface area contributed by atoms with Crippen molar-refractivity contribution in [2.45, 2.75) is 50.9 Å². The molecule has 2 aliphatic carbocycles. The molecule has 0 spiro atoms. The van der Waals surface area contributed by atoms with Crippen LogP contribution in [0.4, 0.5) is 0 Å². The predicted molar refractivity (Wildman–Crippen MR) is 85.1 cm³/mol. The molecule has 1 atom stereocenters. The van der Waals surface area contributed by atoms with E-state index in [1.165, 1.54) is 36.8 Å². The molecule has 0 aromatic heterocycles. The first-order valence-electron chi connectivity index (χ1n) is 7.01. The van der Waals surface area contributed by atoms with Crippen molar-refractivity contribution in [2.75, 3.05) is 0 Å². The third-order valence-corrected chi connectivity index (χ3v) is 4.72. The molecule has 0 bridgehead atoms. The molecule has 102 valence electrons. The minimum Gasteiger partial charge on any atom is -0.507 e. The van der Waals surface area contributed by atoms with Crippen LogP contribution in [0.25, 0.3) is 0 Å². The molecule has 19 heavy (non-hydrogen) atoms. The average molecular weight is 370 g/mol. The number of phenols is 1. The first-order chi connectivity index (χ1) is 9.19. The highest BCUT2D eigenvalue weighted by atomic mass is 127. The van der Waals surface area contributed by atoms with Gasteiger partial charge in [-0.05, 0) is 56.6 Å². The van der Waals surface area contributed by atoms with Gasteiger partial charge in [0.25, 0.3) is 0 Å². The average Bonchev–Trinajstić information content (AvgIpc) is 3.21. The van der Waals surface area contributed by atoms with Gasteiger partial charge in [0, 0.05) is 17.5 Å². The number of hydrogen-bond acceptors (Lipinski definition) is 2. The molecule has 1 unspecified atom stereocenters. The summed E-state index contributed by atoms with van der Waals surface area (Å²) in [7, 11) is 0. The van der Waals surface area contributed by atoms with E-state index in [1.54, 1.807) is 6.07 Å². The van der Waals surface area contributed by atoms with Crippen molar-refractivity contribution in [3.05, 3.63) is 34.9 Å². The second-order valence-electron chi connectivity index (χ2n) is 5.81. The van der Waals surface area contributed by atoms with E-state index in [1.807, 2.05) is 23.0 Å². The number of benzene rings is 1. The van der Waals surface area contributed by atoms with Crippen LogP contribution in [0.5, 0.6) is 11.5 Å². The highest BCUT2D eigenvalue weighted by molar-refractivity contribution is 14.1. The van der Waals surface area contributed by atoms with Crippen molar-refractivity contribution in [3.63, 3.8) is 0 Å². The summed E-state index contributed by atoms with van der Waals surface area (Å²) in [5.74, 6) is 2.18. The van der Waals surface area contributed by atoms with E-state index in [-0.39, 0.29) is 0 Å². The Kier molecular flexibility index (Phi) is 3.74. The maximum Gasteiger partial charge on any atom is 0.192 e. The molecule has 1 aromatic carbocycles. The molecule has 1 fully saturated rings. The van der Waals surface area contributed by atoms with Crippen molar-refractivity contribution in [1.82, 2.24) is 0 Å². The third kappa shape index (κ3) is 2.76. The molecule has 3 rings (SSSR count). The molecule has 2 aliphatic rings. The fraction of sp³-hybridized carbons (Fsp3) is 0.500. The minimum atomic E-state index is 0.382. The van der Waals surface area contributed by atoms with Crippen LogP contribution in [0.2, 0.25) is 0 Å². The first-order valence-corrected chi connectivity index (χ1v) is 7.90. The topological polar surface area (TPSA) is 29.5 Å². The summed E-state index contributed by atoms with van der Waals surface area (Å²) in [6.45, 7) is 2.20. The van der Waals surface area contributed by atoms with E-state index in [4.69, 9.17) is 3.07 Å². The van der Waals surface area contributed by atoms with Gasteiger partial charge in [-0.2, -0.15) is 0 Å². The lowest BCUT2D eigenvalue weighted by Gasteiger charge is -2.23. The Labute approximate surface area is 128 Å². The van der Waals surface area contributed by atoms with E-state index in [0.29, 0.717) is 17.6 Å². The van der Waals surface area contributed by atoms with E-state index in [2.05, 4.69) is 19.1 Å². The van der Waals surface area contributed by atoms with E-state index < -0.39 is 0 Å². The molecule has 3 heteroatoms. The normalized spacial score (nSPS) is 23.1. The smallest absolute Gasteiger partial charge is 0.192 e. The summed E-state index contributed by atoms with van der Waals surface area (Å²) in [4.78, 5) is 0. The van der Waals surface area contributed by atoms with Crippen LogP contribution in [0.15, 0.2) is 23.8 Å². The highest BCUT2D eigenvalue weighted by Crippen LogP contribution is 2.49. The summed E-state index contributed by atoms with van der Waals surface area (Å²) in [5.41, 5.74) is 3.91. The van der Waals surface area contributed by atoms with Gasteiger partial charge in [0.15, 0.2) is 23.0 Å². The SMILES string of the molecule is CC1=CC(c2c(O)cc(OI)cc2C2CC2)CCC1. The van der Waals surface area contributed by atoms with Crippen LogP contribution in [0.1, 0.15) is 62.0 Å². The maximum atomic E-state index is 10.4. The van der Waals surface area contributed by atoms with Crippen molar-refractivity contribution in [3.8, 4) is 11.5 Å². The number of allylic oxidation sites excluding steroid dienone is 2. The fourth-order valence-corrected chi connectivity index (χ4v) is 3.41. The number of hydrogen-bond donors (Lipinski definition) is 1. The lowest BCUT2D eigenvalue weighted by atomic mass is 9.82. The van der Waals surface area contributed by atoms with Crippen molar-refractivity contribution in [2.24, 2.45) is 0 Å². The zero-order valence-corrected chi connectivity index (χ0v) is 13.3. The molecule has 1 saturated carbocycles. The summed E-state index contributed by atoms with van der Waals surface area (Å²) in [6, 6.07) is 3.88. The zero-order chi connectivity index (χ0) is 13.4. The molecular formula is C16H19IO2. The minimum absolute atomic E-state index is 0.382. The van der Waals surface area contributed by atoms with Gasteiger partial charge in [0.1, 0.15) is 11.5 Å². The second-order valence-corrected chi connectivity index (χ2v) is 6.25. The first kappa shape index (κ1) is 13.3. The van der Waals surface area contributed by atoms with Crippen LogP contribution in [-0.2, 0) is 0 Å². The van der Waals surface area contributed by atoms with Crippen molar-refractivity contribution in [1.29, 1.82) is 0 Å². The van der Waals surface area contributed by atoms with Crippen LogP contribution < -0.4 is 3.07 Å². The van der Waals surface area contributed by atoms with Gasteiger partial charge in [-0.15, -0.1) is 0 Å². The summed E-state index contributed by atoms with van der Waals surface area (Å²) in [5, 5.41) is 10.4. The Morgan fingerprint density at radius 3 is 2.68 bits per heavy atom. The van der Waals surface area contributed by atoms with Crippen LogP contribution in [0, 0.1) is 0 Å². The Hall–Kier alpha value is -0.710. The Balaban J connectivity index is 2.06. The quantitative estimate of drug-likeness (QED) is 0.585. The lowest BCUT2D eigenvalue weighted by Crippen LogP contribution is -2.05. The fourth-order valence-electron chi connectivity index (χ4n) is 3.15. The molecule has 0 radical (unpaired) electrons. The van der Waals surface area contributed by atoms with Gasteiger partial charge in [-0.1, -0.05) is 11.6 Å². The van der Waals surface area contributed by atoms with Gasteiger partial charge in [-0.3, -0.25) is 0 Å². The number of phenolic OH excluding ortho intramolecular Hbond substituents is 1. The van der Waals surface area contributed by atoms with Crippen LogP contribution in [-0.4, -0.2) is 5.11 Å². The Morgan fingerprint density at radius 2 is 2.05 bits per heavy atom. The zero-order valence-electron chi connectivity index (χ0n) is 11.2. The highest BCUT2D eigenvalue weighted by Gasteiger charge is 2.31. The standard InChI is InChI=1S/C16H19IO2/c1-10-3-2-4-12(7-10)16-14(11-5-6-11)8-13(19-17)9-15(16)18/h7-9,11-12,18H,2-6H2,1H3. The van der Waals surface area contributed by atoms with E-state index >= 15 is 0 Å². The third-order valence-electron chi connectivity index (χ3n) is 4.21. The summed E-state index contributed by atoms with van der Waals surface area (Å²) < 4.78 is 5.27. The van der Waals surface area contributed by atoms with Gasteiger partial charge in [-0.25, -0.2) is 0 Å². The molecule has 1 aromatic rings. The van der Waals surface area contributed by atoms with Crippen LogP contribution >= 0.6 is 23.0 Å². The van der Waals surface area contributed by atoms with E-state index in [0.717, 1.165) is 17.7 Å². The maximum absolute atomic E-state index is 10.4. The number of rotatable bonds is 3. The summed E-state index contributed by atoms with van der Waals surface area (Å²) in [6.07, 6.45) is 8.40. The molecule has 2 nitrogen and oxygen atoms in total. The lowest BCUT2D eigenvalue weighted by molar-refractivity contribution is 0.457. The van der Waals surface area contributed by atoms with Gasteiger partial charge in [0.2, 0.25) is 0 Å². The molecular weight excluding hydrogens is 351 g/mol. The predicted octanol–water partition coefficient (Wildman–Crippen LogP) is 5.21. The Bertz CT molecular complexity index is 518. The largest absolute Gasteiger partial charge is 0.507 e. The number of aromatic hydroxyl groups is 1. The molecule has 0 heterocycles. The van der Waals surface area contributed by atoms with Crippen molar-refractivity contribution >= 4 is 23.0 Å². The Morgan fingerprint density at radius 1 is 1.26 bits per heavy atom. The number of halogens is 1. The molecule has 0 amide bonds. The van der Waals surface area contributed by atoms with E-state index in [9.17, 15) is 5.11 Å². The molecule has 0 aliphatic heterocycles. The second kappa shape index (κ2) is 5.35. The van der Waals surface area contributed by atoms with Gasteiger partial charge < -0.3 is 8.17 Å². The molecule has 1 N–H and O–H groups in total. The van der Waals surface area contributed by atoms with Gasteiger partial charge >= 0.3 is 0 Å². The van der Waals surface area contributed by atoms with Crippen molar-refractivity contribution < 1.29 is 8.17 Å².